The van der Waals surface area contributed by atoms with Crippen LogP contribution in [-0.2, 0) is 28.5 Å². The third-order valence-electron chi connectivity index (χ3n) is 5.54. The first-order valence-electron chi connectivity index (χ1n) is 8.34. The van der Waals surface area contributed by atoms with Crippen molar-refractivity contribution in [3.63, 3.8) is 0 Å². The molecule has 6 nitrogen and oxygen atoms in total. The van der Waals surface area contributed by atoms with E-state index in [0.29, 0.717) is 6.42 Å². The topological polar surface area (TPSA) is 76.9 Å². The van der Waals surface area contributed by atoms with Crippen LogP contribution in [0.25, 0.3) is 22.2 Å². The van der Waals surface area contributed by atoms with E-state index in [4.69, 9.17) is 0 Å². The minimum atomic E-state index is -0.652. The van der Waals surface area contributed by atoms with Gasteiger partial charge in [0.2, 0.25) is 11.8 Å². The number of imide groups is 1. The lowest BCUT2D eigenvalue weighted by Gasteiger charge is -2.20. The Balaban J connectivity index is 1.60. The molecule has 3 aromatic rings. The summed E-state index contributed by atoms with van der Waals surface area (Å²) < 4.78 is 1.76. The molecule has 0 radical (unpaired) electrons. The maximum Gasteiger partial charge on any atom is 0.237 e. The van der Waals surface area contributed by atoms with E-state index in [1.807, 2.05) is 31.3 Å². The number of hydrogen-bond donors (Lipinski definition) is 1. The van der Waals surface area contributed by atoms with E-state index in [1.54, 1.807) is 4.68 Å². The minimum absolute atomic E-state index is 0.147. The van der Waals surface area contributed by atoms with Crippen molar-refractivity contribution in [2.75, 3.05) is 0 Å². The number of benzene rings is 2. The van der Waals surface area contributed by atoms with Gasteiger partial charge in [-0.1, -0.05) is 29.5 Å². The first-order chi connectivity index (χ1) is 12.1. The Kier molecular flexibility index (Phi) is 2.72. The maximum absolute atomic E-state index is 12.3. The van der Waals surface area contributed by atoms with E-state index in [-0.39, 0.29) is 18.2 Å². The van der Waals surface area contributed by atoms with Crippen LogP contribution in [0.4, 0.5) is 0 Å². The molecule has 1 fully saturated rings. The first kappa shape index (κ1) is 14.3. The molecule has 1 atom stereocenters. The molecular formula is C19H16N4O2. The molecule has 1 saturated heterocycles. The molecule has 1 N–H and O–H groups in total. The Hall–Kier alpha value is -3.02. The molecule has 2 aliphatic rings. The number of carbonyl (C=O) groups is 2. The van der Waals surface area contributed by atoms with Crippen LogP contribution in [-0.4, -0.2) is 26.8 Å². The Labute approximate surface area is 143 Å². The molecule has 0 saturated carbocycles. The predicted molar refractivity (Wildman–Crippen MR) is 91.7 cm³/mol. The molecule has 6 heteroatoms. The molecule has 2 amide bonds. The summed E-state index contributed by atoms with van der Waals surface area (Å²) in [7, 11) is 1.88. The largest absolute Gasteiger partial charge is 0.296 e. The summed E-state index contributed by atoms with van der Waals surface area (Å²) >= 11 is 0. The zero-order valence-corrected chi connectivity index (χ0v) is 13.7. The number of carbonyl (C=O) groups excluding carboxylic acids is 2. The van der Waals surface area contributed by atoms with Crippen molar-refractivity contribution in [2.24, 2.45) is 7.05 Å². The Morgan fingerprint density at radius 1 is 1.12 bits per heavy atom. The number of nitrogens with one attached hydrogen (secondary N) is 1. The predicted octanol–water partition coefficient (Wildman–Crippen LogP) is 1.87. The van der Waals surface area contributed by atoms with Crippen LogP contribution in [0, 0.1) is 0 Å². The average Bonchev–Trinajstić information content (AvgIpc) is 3.25. The first-order valence-corrected chi connectivity index (χ1v) is 8.34. The van der Waals surface area contributed by atoms with Gasteiger partial charge in [0.25, 0.3) is 0 Å². The second-order valence-electron chi connectivity index (χ2n) is 6.92. The van der Waals surface area contributed by atoms with Crippen LogP contribution in [0.2, 0.25) is 0 Å². The second-order valence-corrected chi connectivity index (χ2v) is 6.92. The summed E-state index contributed by atoms with van der Waals surface area (Å²) in [6.45, 7) is 0. The summed E-state index contributed by atoms with van der Waals surface area (Å²) in [5.74, 6) is -0.317. The summed E-state index contributed by atoms with van der Waals surface area (Å²) in [4.78, 5) is 24.0. The number of aryl methyl sites for hydroxylation is 2. The molecule has 1 spiro atoms. The number of rotatable bonds is 1. The van der Waals surface area contributed by atoms with Gasteiger partial charge in [0.15, 0.2) is 0 Å². The normalized spacial score (nSPS) is 22.0. The van der Waals surface area contributed by atoms with Crippen molar-refractivity contribution >= 4 is 22.8 Å². The van der Waals surface area contributed by atoms with Gasteiger partial charge in [-0.2, -0.15) is 0 Å². The van der Waals surface area contributed by atoms with Gasteiger partial charge in [0.05, 0.1) is 10.9 Å². The van der Waals surface area contributed by atoms with Crippen molar-refractivity contribution in [2.45, 2.75) is 24.7 Å². The van der Waals surface area contributed by atoms with Gasteiger partial charge in [0, 0.05) is 13.5 Å². The van der Waals surface area contributed by atoms with E-state index >= 15 is 0 Å². The van der Waals surface area contributed by atoms with Gasteiger partial charge in [0.1, 0.15) is 5.52 Å². The van der Waals surface area contributed by atoms with Gasteiger partial charge in [-0.25, -0.2) is 4.68 Å². The number of amides is 2. The third kappa shape index (κ3) is 1.91. The average molecular weight is 332 g/mol. The molecule has 5 rings (SSSR count). The zero-order valence-electron chi connectivity index (χ0n) is 13.7. The van der Waals surface area contributed by atoms with Crippen molar-refractivity contribution in [1.82, 2.24) is 20.3 Å². The van der Waals surface area contributed by atoms with Crippen molar-refractivity contribution in [1.29, 1.82) is 0 Å². The van der Waals surface area contributed by atoms with E-state index in [9.17, 15) is 9.59 Å². The summed E-state index contributed by atoms with van der Waals surface area (Å²) in [6.07, 6.45) is 1.79. The number of hydrogen-bond acceptors (Lipinski definition) is 4. The van der Waals surface area contributed by atoms with E-state index in [1.165, 1.54) is 0 Å². The summed E-state index contributed by atoms with van der Waals surface area (Å²) in [6, 6.07) is 12.3. The van der Waals surface area contributed by atoms with E-state index < -0.39 is 5.41 Å². The van der Waals surface area contributed by atoms with Gasteiger partial charge < -0.3 is 0 Å². The summed E-state index contributed by atoms with van der Waals surface area (Å²) in [5, 5.41) is 10.6. The second kappa shape index (κ2) is 4.75. The fourth-order valence-corrected chi connectivity index (χ4v) is 4.20. The van der Waals surface area contributed by atoms with Crippen LogP contribution in [0.1, 0.15) is 24.0 Å². The van der Waals surface area contributed by atoms with Crippen LogP contribution >= 0.6 is 0 Å². The Morgan fingerprint density at radius 2 is 1.92 bits per heavy atom. The standard InChI is InChI=1S/C19H16N4O2/c1-23-16-9-12(3-5-15(16)21-22-23)11-2-4-14-13(8-11)6-7-19(14)10-17(24)20-18(19)25/h2-5,8-9H,6-7,10H2,1H3,(H,20,24,25). The molecule has 25 heavy (non-hydrogen) atoms. The lowest BCUT2D eigenvalue weighted by Crippen LogP contribution is -2.33. The molecule has 124 valence electrons. The maximum atomic E-state index is 12.3. The number of fused-ring (bicyclic) bond motifs is 3. The minimum Gasteiger partial charge on any atom is -0.296 e. The van der Waals surface area contributed by atoms with Gasteiger partial charge >= 0.3 is 0 Å². The van der Waals surface area contributed by atoms with E-state index in [0.717, 1.165) is 39.7 Å². The zero-order chi connectivity index (χ0) is 17.2. The monoisotopic (exact) mass is 332 g/mol. The number of nitrogens with zero attached hydrogens (tertiary/aromatic N) is 3. The van der Waals surface area contributed by atoms with Crippen molar-refractivity contribution in [3.05, 3.63) is 47.5 Å². The molecular weight excluding hydrogens is 316 g/mol. The summed E-state index contributed by atoms with van der Waals surface area (Å²) in [5.41, 5.74) is 5.55. The van der Waals surface area contributed by atoms with Crippen LogP contribution in [0.3, 0.4) is 0 Å². The highest BCUT2D eigenvalue weighted by Gasteiger charge is 2.51. The Bertz CT molecular complexity index is 1070. The highest BCUT2D eigenvalue weighted by atomic mass is 16.2. The van der Waals surface area contributed by atoms with Crippen LogP contribution in [0.15, 0.2) is 36.4 Å². The van der Waals surface area contributed by atoms with Crippen molar-refractivity contribution in [3.8, 4) is 11.1 Å². The van der Waals surface area contributed by atoms with Gasteiger partial charge in [-0.3, -0.25) is 14.9 Å². The molecule has 0 bridgehead atoms. The van der Waals surface area contributed by atoms with Gasteiger partial charge in [-0.15, -0.1) is 5.10 Å². The molecule has 1 aliphatic carbocycles. The fourth-order valence-electron chi connectivity index (χ4n) is 4.20. The van der Waals surface area contributed by atoms with E-state index in [2.05, 4.69) is 27.8 Å². The molecule has 1 aromatic heterocycles. The van der Waals surface area contributed by atoms with Crippen molar-refractivity contribution < 1.29 is 9.59 Å². The SMILES string of the molecule is Cn1nnc2ccc(-c3ccc4c(c3)CCC43CC(=O)NC3=O)cc21. The Morgan fingerprint density at radius 3 is 2.72 bits per heavy atom. The molecule has 1 unspecified atom stereocenters. The third-order valence-corrected chi connectivity index (χ3v) is 5.54. The van der Waals surface area contributed by atoms with Crippen LogP contribution < -0.4 is 5.32 Å². The van der Waals surface area contributed by atoms with Crippen LogP contribution in [0.5, 0.6) is 0 Å². The smallest absolute Gasteiger partial charge is 0.237 e. The fraction of sp³-hybridized carbons (Fsp3) is 0.263. The lowest BCUT2D eigenvalue weighted by molar-refractivity contribution is -0.126. The number of aromatic nitrogens is 3. The lowest BCUT2D eigenvalue weighted by atomic mass is 9.80. The highest BCUT2D eigenvalue weighted by Crippen LogP contribution is 2.45. The molecule has 1 aliphatic heterocycles. The molecule has 2 aromatic carbocycles. The quantitative estimate of drug-likeness (QED) is 0.690. The molecule has 2 heterocycles. The highest BCUT2D eigenvalue weighted by molar-refractivity contribution is 6.09. The van der Waals surface area contributed by atoms with Gasteiger partial charge in [-0.05, 0) is 47.2 Å².